The van der Waals surface area contributed by atoms with Gasteiger partial charge in [0.2, 0.25) is 0 Å². The first-order valence-corrected chi connectivity index (χ1v) is 12.8. The van der Waals surface area contributed by atoms with Gasteiger partial charge in [-0.2, -0.15) is 26.3 Å². The summed E-state index contributed by atoms with van der Waals surface area (Å²) in [6, 6.07) is 21.0. The second kappa shape index (κ2) is 12.0. The molecule has 0 fully saturated rings. The van der Waals surface area contributed by atoms with E-state index >= 15 is 0 Å². The molecule has 0 saturated heterocycles. The van der Waals surface area contributed by atoms with E-state index in [0.29, 0.717) is 16.5 Å². The zero-order valence-corrected chi connectivity index (χ0v) is 22.2. The van der Waals surface area contributed by atoms with Crippen LogP contribution >= 0.6 is 0 Å². The minimum Gasteiger partial charge on any atom is -0.306 e. The smallest absolute Gasteiger partial charge is 0.306 e. The fourth-order valence-electron chi connectivity index (χ4n) is 4.34. The fourth-order valence-corrected chi connectivity index (χ4v) is 4.34. The van der Waals surface area contributed by atoms with Crippen molar-refractivity contribution in [2.24, 2.45) is 0 Å². The highest BCUT2D eigenvalue weighted by molar-refractivity contribution is 5.79. The van der Waals surface area contributed by atoms with Gasteiger partial charge in [0.1, 0.15) is 11.6 Å². The first-order valence-electron chi connectivity index (χ1n) is 12.8. The third-order valence-corrected chi connectivity index (χ3v) is 6.31. The number of H-pyrrole nitrogens is 2. The second-order valence-electron chi connectivity index (χ2n) is 9.23. The van der Waals surface area contributed by atoms with E-state index in [0.717, 1.165) is 12.1 Å². The summed E-state index contributed by atoms with van der Waals surface area (Å²) < 4.78 is 78.5. The van der Waals surface area contributed by atoms with Gasteiger partial charge < -0.3 is 9.97 Å². The Morgan fingerprint density at radius 3 is 1.70 bits per heavy atom. The first kappa shape index (κ1) is 29.9. The quantitative estimate of drug-likeness (QED) is 0.209. The number of pyridine rings is 1. The normalized spacial score (nSPS) is 11.6. The summed E-state index contributed by atoms with van der Waals surface area (Å²) in [5, 5.41) is 0.339. The summed E-state index contributed by atoms with van der Waals surface area (Å²) in [6.07, 6.45) is -6.02. The standard InChI is InChI=1S/C16H10F3N3O.C15H9F3N2O/c17-16(18,19)12-4-2-1-3-11(12)15-21-13(9-14(23)22-15)10-5-7-20-8-6-10;16-15(17,18)11-7-3-1-5-9(11)13-19-12-8-4-2-6-10(12)14(21)20-13/h1-9H,(H,21,22,23);1-8H,(H,19,20,21). The molecule has 0 aliphatic rings. The largest absolute Gasteiger partial charge is 0.417 e. The SMILES string of the molecule is O=c1[nH]c(-c2ccccc2C(F)(F)F)nc2ccccc12.O=c1cc(-c2ccncc2)nc(-c2ccccc2C(F)(F)F)[nH]1. The van der Waals surface area contributed by atoms with Crippen LogP contribution in [0.4, 0.5) is 26.3 Å². The molecule has 6 aromatic rings. The minimum atomic E-state index is -4.54. The van der Waals surface area contributed by atoms with E-state index in [2.05, 4.69) is 24.9 Å². The van der Waals surface area contributed by atoms with Gasteiger partial charge in [-0.25, -0.2) is 9.97 Å². The monoisotopic (exact) mass is 607 g/mol. The maximum atomic E-state index is 13.1. The number of benzene rings is 3. The van der Waals surface area contributed by atoms with Crippen molar-refractivity contribution in [2.75, 3.05) is 0 Å². The summed E-state index contributed by atoms with van der Waals surface area (Å²) >= 11 is 0. The zero-order chi connectivity index (χ0) is 31.5. The van der Waals surface area contributed by atoms with Crippen LogP contribution in [0, 0.1) is 0 Å². The lowest BCUT2D eigenvalue weighted by atomic mass is 10.1. The molecule has 2 N–H and O–H groups in total. The highest BCUT2D eigenvalue weighted by Crippen LogP contribution is 2.37. The molecule has 3 aromatic heterocycles. The van der Waals surface area contributed by atoms with Gasteiger partial charge in [0.25, 0.3) is 11.1 Å². The number of alkyl halides is 6. The molecule has 0 radical (unpaired) electrons. The molecular weight excluding hydrogens is 588 g/mol. The average Bonchev–Trinajstić information content (AvgIpc) is 3.01. The van der Waals surface area contributed by atoms with Gasteiger partial charge in [0.15, 0.2) is 0 Å². The Labute approximate surface area is 243 Å². The molecule has 0 spiro atoms. The van der Waals surface area contributed by atoms with Crippen molar-refractivity contribution in [2.45, 2.75) is 12.4 Å². The maximum Gasteiger partial charge on any atom is 0.417 e. The third kappa shape index (κ3) is 6.56. The third-order valence-electron chi connectivity index (χ3n) is 6.31. The number of rotatable bonds is 3. The molecule has 7 nitrogen and oxygen atoms in total. The van der Waals surface area contributed by atoms with Gasteiger partial charge in [-0.05, 0) is 36.4 Å². The Bertz CT molecular complexity index is 2050. The Morgan fingerprint density at radius 2 is 1.11 bits per heavy atom. The molecule has 0 aliphatic carbocycles. The van der Waals surface area contributed by atoms with Gasteiger partial charge >= 0.3 is 12.4 Å². The highest BCUT2D eigenvalue weighted by Gasteiger charge is 2.35. The second-order valence-corrected chi connectivity index (χ2v) is 9.23. The van der Waals surface area contributed by atoms with Crippen LogP contribution in [0.2, 0.25) is 0 Å². The predicted octanol–water partition coefficient (Wildman–Crippen LogP) is 7.13. The van der Waals surface area contributed by atoms with E-state index in [1.165, 1.54) is 54.9 Å². The molecule has 0 aliphatic heterocycles. The van der Waals surface area contributed by atoms with Crippen LogP contribution in [0.1, 0.15) is 11.1 Å². The Hall–Kier alpha value is -5.59. The van der Waals surface area contributed by atoms with E-state index in [1.807, 2.05) is 0 Å². The van der Waals surface area contributed by atoms with Crippen LogP contribution in [0.15, 0.2) is 113 Å². The number of halogens is 6. The van der Waals surface area contributed by atoms with E-state index in [9.17, 15) is 35.9 Å². The van der Waals surface area contributed by atoms with E-state index < -0.39 is 34.6 Å². The number of aromatic nitrogens is 5. The zero-order valence-electron chi connectivity index (χ0n) is 22.2. The van der Waals surface area contributed by atoms with E-state index in [1.54, 1.807) is 36.4 Å². The van der Waals surface area contributed by atoms with Crippen molar-refractivity contribution >= 4 is 10.9 Å². The summed E-state index contributed by atoms with van der Waals surface area (Å²) in [7, 11) is 0. The molecule has 0 bridgehead atoms. The lowest BCUT2D eigenvalue weighted by Gasteiger charge is -2.12. The minimum absolute atomic E-state index is 0.0911. The number of para-hydroxylation sites is 1. The predicted molar refractivity (Wildman–Crippen MR) is 151 cm³/mol. The molecule has 13 heteroatoms. The van der Waals surface area contributed by atoms with Crippen LogP contribution in [0.5, 0.6) is 0 Å². The topological polar surface area (TPSA) is 104 Å². The Morgan fingerprint density at radius 1 is 0.591 bits per heavy atom. The molecule has 0 amide bonds. The van der Waals surface area contributed by atoms with Gasteiger partial charge in [-0.15, -0.1) is 0 Å². The van der Waals surface area contributed by atoms with Crippen molar-refractivity contribution in [1.29, 1.82) is 0 Å². The number of nitrogens with zero attached hydrogens (tertiary/aromatic N) is 3. The average molecular weight is 608 g/mol. The molecule has 0 saturated carbocycles. The molecule has 6 rings (SSSR count). The number of hydrogen-bond acceptors (Lipinski definition) is 5. The summed E-state index contributed by atoms with van der Waals surface area (Å²) in [5.74, 6) is -0.219. The molecular formula is C31H19F6N5O2. The molecule has 0 atom stereocenters. The highest BCUT2D eigenvalue weighted by atomic mass is 19.4. The van der Waals surface area contributed by atoms with Crippen molar-refractivity contribution in [1.82, 2.24) is 24.9 Å². The molecule has 0 unspecified atom stereocenters. The summed E-state index contributed by atoms with van der Waals surface area (Å²) in [4.78, 5) is 40.7. The number of nitrogens with one attached hydrogen (secondary N) is 2. The van der Waals surface area contributed by atoms with Crippen molar-refractivity contribution < 1.29 is 26.3 Å². The lowest BCUT2D eigenvalue weighted by Crippen LogP contribution is -2.12. The Balaban J connectivity index is 0.000000175. The Kier molecular flexibility index (Phi) is 8.12. The van der Waals surface area contributed by atoms with Crippen molar-refractivity contribution in [3.05, 3.63) is 135 Å². The van der Waals surface area contributed by atoms with Gasteiger partial charge in [0, 0.05) is 35.2 Å². The van der Waals surface area contributed by atoms with Crippen LogP contribution in [-0.4, -0.2) is 24.9 Å². The lowest BCUT2D eigenvalue weighted by molar-refractivity contribution is -0.137. The van der Waals surface area contributed by atoms with Crippen molar-refractivity contribution in [3.63, 3.8) is 0 Å². The molecule has 222 valence electrons. The number of aromatic amines is 2. The number of hydrogen-bond donors (Lipinski definition) is 2. The van der Waals surface area contributed by atoms with Crippen LogP contribution in [-0.2, 0) is 12.4 Å². The summed E-state index contributed by atoms with van der Waals surface area (Å²) in [5.41, 5.74) is -1.76. The van der Waals surface area contributed by atoms with Crippen LogP contribution in [0.25, 0.3) is 44.9 Å². The fraction of sp³-hybridized carbons (Fsp3) is 0.0645. The number of fused-ring (bicyclic) bond motifs is 1. The van der Waals surface area contributed by atoms with E-state index in [-0.39, 0.29) is 28.5 Å². The van der Waals surface area contributed by atoms with Crippen molar-refractivity contribution in [3.8, 4) is 34.0 Å². The van der Waals surface area contributed by atoms with Gasteiger partial charge in [-0.1, -0.05) is 48.5 Å². The summed E-state index contributed by atoms with van der Waals surface area (Å²) in [6.45, 7) is 0. The van der Waals surface area contributed by atoms with Gasteiger partial charge in [-0.3, -0.25) is 14.6 Å². The molecule has 3 heterocycles. The maximum absolute atomic E-state index is 13.1. The van der Waals surface area contributed by atoms with Gasteiger partial charge in [0.05, 0.1) is 27.7 Å². The van der Waals surface area contributed by atoms with E-state index in [4.69, 9.17) is 0 Å². The molecule has 3 aromatic carbocycles. The molecule has 44 heavy (non-hydrogen) atoms. The van der Waals surface area contributed by atoms with Crippen LogP contribution < -0.4 is 11.1 Å². The first-order chi connectivity index (χ1) is 20.9. The van der Waals surface area contributed by atoms with Crippen LogP contribution in [0.3, 0.4) is 0 Å².